The summed E-state index contributed by atoms with van der Waals surface area (Å²) in [6.07, 6.45) is 0.184. The Morgan fingerprint density at radius 3 is 2.33 bits per heavy atom. The molecule has 0 fully saturated rings. The lowest BCUT2D eigenvalue weighted by atomic mass is 10.0. The molecule has 1 atom stereocenters. The van der Waals surface area contributed by atoms with Gasteiger partial charge in [0.05, 0.1) is 21.8 Å². The van der Waals surface area contributed by atoms with Crippen LogP contribution in [0.3, 0.4) is 0 Å². The summed E-state index contributed by atoms with van der Waals surface area (Å²) in [5.41, 5.74) is 5.61. The van der Waals surface area contributed by atoms with E-state index in [0.29, 0.717) is 5.56 Å². The summed E-state index contributed by atoms with van der Waals surface area (Å²) in [6, 6.07) is 17.8. The van der Waals surface area contributed by atoms with E-state index in [1.54, 1.807) is 13.8 Å². The largest absolute Gasteiger partial charge is 0.334 e. The number of carbonyl (C=O) groups is 2. The third-order valence-corrected chi connectivity index (χ3v) is 7.72. The molecule has 0 saturated carbocycles. The van der Waals surface area contributed by atoms with Gasteiger partial charge in [-0.25, -0.2) is 4.79 Å². The average Bonchev–Trinajstić information content (AvgIpc) is 3.20. The highest BCUT2D eigenvalue weighted by Gasteiger charge is 2.19. The van der Waals surface area contributed by atoms with E-state index in [9.17, 15) is 13.8 Å². The molecule has 0 aliphatic rings. The van der Waals surface area contributed by atoms with Crippen molar-refractivity contribution >= 4 is 50.1 Å². The minimum absolute atomic E-state index is 0.0442. The van der Waals surface area contributed by atoms with Crippen molar-refractivity contribution in [2.45, 2.75) is 58.1 Å². The van der Waals surface area contributed by atoms with Crippen LogP contribution in [0.25, 0.3) is 27.5 Å². The second-order valence-corrected chi connectivity index (χ2v) is 11.2. The predicted molar refractivity (Wildman–Crippen MR) is 146 cm³/mol. The Morgan fingerprint density at radius 2 is 1.69 bits per heavy atom. The molecule has 36 heavy (non-hydrogen) atoms. The highest BCUT2D eigenvalue weighted by molar-refractivity contribution is 7.85. The molecule has 0 spiro atoms. The molecule has 186 valence electrons. The fourth-order valence-electron chi connectivity index (χ4n) is 4.30. The third-order valence-electron chi connectivity index (χ3n) is 6.13. The zero-order chi connectivity index (χ0) is 26.1. The molecule has 4 aromatic rings. The molecule has 1 aromatic heterocycles. The lowest BCUT2D eigenvalue weighted by Crippen LogP contribution is -2.12. The van der Waals surface area contributed by atoms with E-state index < -0.39 is 16.8 Å². The predicted octanol–water partition coefficient (Wildman–Crippen LogP) is 6.43. The monoisotopic (exact) mass is 502 g/mol. The first kappa shape index (κ1) is 25.5. The molecule has 0 aliphatic carbocycles. The van der Waals surface area contributed by atoms with Gasteiger partial charge >= 0.3 is 5.97 Å². The van der Waals surface area contributed by atoms with Gasteiger partial charge in [0.1, 0.15) is 5.71 Å². The Kier molecular flexibility index (Phi) is 7.22. The van der Waals surface area contributed by atoms with Gasteiger partial charge in [0.15, 0.2) is 0 Å². The zero-order valence-electron chi connectivity index (χ0n) is 21.4. The van der Waals surface area contributed by atoms with Crippen LogP contribution in [-0.2, 0) is 20.4 Å². The van der Waals surface area contributed by atoms with E-state index in [-0.39, 0.29) is 23.2 Å². The van der Waals surface area contributed by atoms with Crippen molar-refractivity contribution in [2.75, 3.05) is 0 Å². The van der Waals surface area contributed by atoms with E-state index in [4.69, 9.17) is 4.84 Å². The molecule has 0 aliphatic heterocycles. The van der Waals surface area contributed by atoms with Crippen LogP contribution in [0, 0.1) is 13.8 Å². The van der Waals surface area contributed by atoms with Gasteiger partial charge in [-0.3, -0.25) is 9.00 Å². The van der Waals surface area contributed by atoms with Crippen LogP contribution in [0.1, 0.15) is 55.6 Å². The maximum absolute atomic E-state index is 13.1. The number of rotatable bonds is 7. The van der Waals surface area contributed by atoms with Gasteiger partial charge in [-0.05, 0) is 74.9 Å². The molecule has 0 radical (unpaired) electrons. The molecule has 0 saturated heterocycles. The van der Waals surface area contributed by atoms with E-state index in [1.165, 1.54) is 0 Å². The van der Waals surface area contributed by atoms with Crippen molar-refractivity contribution in [3.05, 3.63) is 71.3 Å². The van der Waals surface area contributed by atoms with E-state index in [0.717, 1.165) is 43.5 Å². The number of ketones is 1. The Morgan fingerprint density at radius 1 is 1.00 bits per heavy atom. The van der Waals surface area contributed by atoms with Gasteiger partial charge in [-0.15, -0.1) is 0 Å². The highest BCUT2D eigenvalue weighted by atomic mass is 32.2. The van der Waals surface area contributed by atoms with Gasteiger partial charge in [-0.1, -0.05) is 37.6 Å². The van der Waals surface area contributed by atoms with Crippen LogP contribution < -0.4 is 0 Å². The van der Waals surface area contributed by atoms with E-state index >= 15 is 0 Å². The first-order chi connectivity index (χ1) is 17.1. The summed E-state index contributed by atoms with van der Waals surface area (Å²) < 4.78 is 14.7. The Balaban J connectivity index is 1.89. The fraction of sp³-hybridized carbons (Fsp3) is 0.276. The van der Waals surface area contributed by atoms with Crippen molar-refractivity contribution in [3.8, 4) is 5.69 Å². The number of benzene rings is 3. The number of oxime groups is 1. The minimum atomic E-state index is -1.06. The summed E-state index contributed by atoms with van der Waals surface area (Å²) in [5.74, 6) is -0.784. The SMILES string of the molecule is CCC(=O)ON=C(C)C(=O)c1cc(C)c2c(c1)c1cc(C)ccc1n2-c1ccc(S(=O)C(C)C)cc1. The quantitative estimate of drug-likeness (QED) is 0.126. The number of hydrogen-bond acceptors (Lipinski definition) is 5. The molecule has 1 heterocycles. The Bertz CT molecular complexity index is 1550. The first-order valence-corrected chi connectivity index (χ1v) is 13.2. The van der Waals surface area contributed by atoms with Crippen LogP contribution in [0.5, 0.6) is 0 Å². The van der Waals surface area contributed by atoms with Gasteiger partial charge in [0.2, 0.25) is 5.78 Å². The first-order valence-electron chi connectivity index (χ1n) is 12.0. The van der Waals surface area contributed by atoms with E-state index in [1.807, 2.05) is 64.1 Å². The zero-order valence-corrected chi connectivity index (χ0v) is 22.2. The van der Waals surface area contributed by atoms with Gasteiger partial charge in [0.25, 0.3) is 0 Å². The molecule has 0 bridgehead atoms. The standard InChI is InChI=1S/C29H30N2O4S/c1-7-27(32)35-30-20(6)29(33)21-15-19(5)28-25(16-21)24-14-18(4)8-13-26(24)31(28)22-9-11-23(12-10-22)36(34)17(2)3/h8-17H,7H2,1-6H3. The highest BCUT2D eigenvalue weighted by Crippen LogP contribution is 2.35. The number of fused-ring (bicyclic) bond motifs is 3. The molecule has 1 unspecified atom stereocenters. The summed E-state index contributed by atoms with van der Waals surface area (Å²) in [4.78, 5) is 30.2. The van der Waals surface area contributed by atoms with E-state index in [2.05, 4.69) is 27.9 Å². The van der Waals surface area contributed by atoms with Gasteiger partial charge in [0, 0.05) is 38.6 Å². The molecular formula is C29H30N2O4S. The topological polar surface area (TPSA) is 77.7 Å². The number of aromatic nitrogens is 1. The van der Waals surface area contributed by atoms with Crippen molar-refractivity contribution in [3.63, 3.8) is 0 Å². The molecule has 3 aromatic carbocycles. The maximum Gasteiger partial charge on any atom is 0.334 e. The van der Waals surface area contributed by atoms with Crippen molar-refractivity contribution in [1.29, 1.82) is 0 Å². The number of hydrogen-bond donors (Lipinski definition) is 0. The van der Waals surface area contributed by atoms with Gasteiger partial charge < -0.3 is 9.40 Å². The average molecular weight is 503 g/mol. The molecule has 6 nitrogen and oxygen atoms in total. The number of Topliss-reactive ketones (excluding diaryl/α,β-unsaturated/α-hetero) is 1. The van der Waals surface area contributed by atoms with Crippen molar-refractivity contribution in [1.82, 2.24) is 4.57 Å². The maximum atomic E-state index is 13.1. The summed E-state index contributed by atoms with van der Waals surface area (Å²) >= 11 is 0. The molecule has 0 N–H and O–H groups in total. The van der Waals surface area contributed by atoms with Crippen LogP contribution >= 0.6 is 0 Å². The molecule has 7 heteroatoms. The summed E-state index contributed by atoms with van der Waals surface area (Å²) in [6.45, 7) is 11.1. The second-order valence-electron chi connectivity index (χ2n) is 9.21. The van der Waals surface area contributed by atoms with Crippen molar-refractivity contribution in [2.24, 2.45) is 5.16 Å². The second kappa shape index (κ2) is 10.2. The Labute approximate surface area is 213 Å². The minimum Gasteiger partial charge on any atom is -0.318 e. The smallest absolute Gasteiger partial charge is 0.318 e. The Hall–Kier alpha value is -3.58. The van der Waals surface area contributed by atoms with Crippen LogP contribution in [0.15, 0.2) is 64.6 Å². The molecule has 4 rings (SSSR count). The lowest BCUT2D eigenvalue weighted by molar-refractivity contribution is -0.143. The van der Waals surface area contributed by atoms with Crippen LogP contribution in [0.2, 0.25) is 0 Å². The van der Waals surface area contributed by atoms with Crippen molar-refractivity contribution < 1.29 is 18.6 Å². The molecular weight excluding hydrogens is 472 g/mol. The summed E-state index contributed by atoms with van der Waals surface area (Å²) in [7, 11) is -1.06. The number of carbonyl (C=O) groups excluding carboxylic acids is 2. The molecule has 0 amide bonds. The third kappa shape index (κ3) is 4.75. The van der Waals surface area contributed by atoms with Gasteiger partial charge in [-0.2, -0.15) is 0 Å². The fourth-order valence-corrected chi connectivity index (χ4v) is 5.25. The van der Waals surface area contributed by atoms with Crippen LogP contribution in [0.4, 0.5) is 0 Å². The number of nitrogens with zero attached hydrogens (tertiary/aromatic N) is 2. The number of aryl methyl sites for hydroxylation is 2. The normalized spacial score (nSPS) is 12.9. The lowest BCUT2D eigenvalue weighted by Gasteiger charge is -2.12. The summed E-state index contributed by atoms with van der Waals surface area (Å²) in [5, 5.41) is 5.76. The van der Waals surface area contributed by atoms with Crippen LogP contribution in [-0.4, -0.2) is 31.5 Å².